The summed E-state index contributed by atoms with van der Waals surface area (Å²) in [5.74, 6) is -0.870. The molecule has 0 bridgehead atoms. The van der Waals surface area contributed by atoms with Crippen LogP contribution in [0.3, 0.4) is 0 Å². The first-order chi connectivity index (χ1) is 25.3. The van der Waals surface area contributed by atoms with Crippen molar-refractivity contribution >= 4 is 19.8 Å². The summed E-state index contributed by atoms with van der Waals surface area (Å²) in [5, 5.41) is 0. The predicted molar refractivity (Wildman–Crippen MR) is 215 cm³/mol. The van der Waals surface area contributed by atoms with Crippen LogP contribution in [0.1, 0.15) is 162 Å². The average Bonchev–Trinajstić information content (AvgIpc) is 3.13. The van der Waals surface area contributed by atoms with Gasteiger partial charge in [-0.25, -0.2) is 4.57 Å². The van der Waals surface area contributed by atoms with Gasteiger partial charge in [-0.2, -0.15) is 0 Å². The summed E-state index contributed by atoms with van der Waals surface area (Å²) in [6, 6.07) is 0. The van der Waals surface area contributed by atoms with E-state index in [2.05, 4.69) is 74.6 Å². The third kappa shape index (κ3) is 37.5. The standard InChI is InChI=1S/C42H74NO8P/c1-3-5-7-9-11-13-15-17-18-19-20-21-22-23-25-27-29-31-33-35-42(45)51-40(39-50-52(46,47)49-37-36-43)38-48-41(44)34-32-30-28-26-24-16-14-12-10-8-6-4-2/h5,7,11,13,17-18,20-21,23,25,40H,3-4,6,8-10,12,14-16,19,22,24,26-39,43H2,1-2H3,(H,46,47)/b7-5+,13-11+,18-17+,21-20+,25-23+/t40-/m1/s1. The molecule has 0 rings (SSSR count). The maximum Gasteiger partial charge on any atom is 0.472 e. The highest BCUT2D eigenvalue weighted by Gasteiger charge is 2.25. The molecular formula is C42H74NO8P. The van der Waals surface area contributed by atoms with Crippen LogP contribution in [0.4, 0.5) is 0 Å². The van der Waals surface area contributed by atoms with E-state index in [9.17, 15) is 19.0 Å². The van der Waals surface area contributed by atoms with Gasteiger partial charge in [0.1, 0.15) is 6.61 Å². The van der Waals surface area contributed by atoms with Crippen molar-refractivity contribution in [1.82, 2.24) is 0 Å². The van der Waals surface area contributed by atoms with Gasteiger partial charge in [-0.15, -0.1) is 0 Å². The van der Waals surface area contributed by atoms with Crippen molar-refractivity contribution < 1.29 is 37.6 Å². The average molecular weight is 752 g/mol. The Morgan fingerprint density at radius 3 is 1.58 bits per heavy atom. The molecule has 0 amide bonds. The molecule has 0 aliphatic heterocycles. The van der Waals surface area contributed by atoms with Crippen molar-refractivity contribution in [3.8, 4) is 0 Å². The number of allylic oxidation sites excluding steroid dienone is 10. The molecule has 10 heteroatoms. The van der Waals surface area contributed by atoms with Crippen molar-refractivity contribution in [2.45, 2.75) is 168 Å². The number of unbranched alkanes of at least 4 members (excludes halogenated alkanes) is 14. The third-order valence-corrected chi connectivity index (χ3v) is 9.15. The maximum atomic E-state index is 12.5. The lowest BCUT2D eigenvalue weighted by atomic mass is 10.0. The number of carbonyl (C=O) groups excluding carboxylic acids is 2. The zero-order valence-corrected chi connectivity index (χ0v) is 33.7. The summed E-state index contributed by atoms with van der Waals surface area (Å²) in [6.45, 7) is 3.56. The molecule has 52 heavy (non-hydrogen) atoms. The van der Waals surface area contributed by atoms with Crippen LogP contribution in [0, 0.1) is 0 Å². The lowest BCUT2D eigenvalue weighted by Gasteiger charge is -2.19. The summed E-state index contributed by atoms with van der Waals surface area (Å²) in [6.07, 6.45) is 43.9. The molecule has 0 saturated carbocycles. The van der Waals surface area contributed by atoms with E-state index in [1.54, 1.807) is 0 Å². The number of esters is 2. The van der Waals surface area contributed by atoms with Crippen LogP contribution in [0.2, 0.25) is 0 Å². The van der Waals surface area contributed by atoms with Crippen LogP contribution in [0.5, 0.6) is 0 Å². The Kier molecular flexibility index (Phi) is 36.7. The van der Waals surface area contributed by atoms with Gasteiger partial charge in [-0.05, 0) is 57.8 Å². The molecule has 3 N–H and O–H groups in total. The van der Waals surface area contributed by atoms with Gasteiger partial charge in [0, 0.05) is 19.4 Å². The smallest absolute Gasteiger partial charge is 0.462 e. The summed E-state index contributed by atoms with van der Waals surface area (Å²) in [5.41, 5.74) is 5.33. The van der Waals surface area contributed by atoms with Gasteiger partial charge in [-0.3, -0.25) is 18.6 Å². The lowest BCUT2D eigenvalue weighted by molar-refractivity contribution is -0.161. The summed E-state index contributed by atoms with van der Waals surface area (Å²) >= 11 is 0. The monoisotopic (exact) mass is 752 g/mol. The van der Waals surface area contributed by atoms with Crippen molar-refractivity contribution in [2.24, 2.45) is 5.73 Å². The minimum absolute atomic E-state index is 0.0458. The summed E-state index contributed by atoms with van der Waals surface area (Å²) < 4.78 is 32.7. The third-order valence-electron chi connectivity index (χ3n) is 8.17. The number of hydrogen-bond donors (Lipinski definition) is 2. The molecule has 0 aromatic carbocycles. The number of rotatable bonds is 37. The van der Waals surface area contributed by atoms with E-state index in [1.807, 2.05) is 0 Å². The van der Waals surface area contributed by atoms with Crippen molar-refractivity contribution in [3.05, 3.63) is 60.8 Å². The zero-order valence-electron chi connectivity index (χ0n) is 32.8. The fraction of sp³-hybridized carbons (Fsp3) is 0.714. The van der Waals surface area contributed by atoms with Crippen molar-refractivity contribution in [1.29, 1.82) is 0 Å². The van der Waals surface area contributed by atoms with Gasteiger partial charge in [-0.1, -0.05) is 152 Å². The highest BCUT2D eigenvalue weighted by atomic mass is 31.2. The Balaban J connectivity index is 4.27. The highest BCUT2D eigenvalue weighted by molar-refractivity contribution is 7.47. The number of hydrogen-bond acceptors (Lipinski definition) is 8. The van der Waals surface area contributed by atoms with E-state index >= 15 is 0 Å². The lowest BCUT2D eigenvalue weighted by Crippen LogP contribution is -2.29. The molecule has 0 aliphatic carbocycles. The van der Waals surface area contributed by atoms with Gasteiger partial charge in [0.25, 0.3) is 0 Å². The number of ether oxygens (including phenoxy) is 2. The Bertz CT molecular complexity index is 1040. The molecule has 9 nitrogen and oxygen atoms in total. The first-order valence-electron chi connectivity index (χ1n) is 20.3. The molecule has 1 unspecified atom stereocenters. The fourth-order valence-corrected chi connectivity index (χ4v) is 5.95. The molecule has 0 radical (unpaired) electrons. The van der Waals surface area contributed by atoms with E-state index in [1.165, 1.54) is 57.8 Å². The first kappa shape index (κ1) is 49.7. The normalized spacial score (nSPS) is 14.0. The van der Waals surface area contributed by atoms with Gasteiger partial charge in [0.15, 0.2) is 6.10 Å². The maximum absolute atomic E-state index is 12.5. The molecule has 2 atom stereocenters. The van der Waals surface area contributed by atoms with Crippen LogP contribution >= 0.6 is 7.82 Å². The molecule has 300 valence electrons. The van der Waals surface area contributed by atoms with Crippen LogP contribution in [0.15, 0.2) is 60.8 Å². The van der Waals surface area contributed by atoms with Crippen LogP contribution in [0.25, 0.3) is 0 Å². The van der Waals surface area contributed by atoms with E-state index in [0.29, 0.717) is 6.42 Å². The Morgan fingerprint density at radius 2 is 1.06 bits per heavy atom. The fourth-order valence-electron chi connectivity index (χ4n) is 5.19. The van der Waals surface area contributed by atoms with Gasteiger partial charge >= 0.3 is 19.8 Å². The van der Waals surface area contributed by atoms with Crippen molar-refractivity contribution in [3.63, 3.8) is 0 Å². The second-order valence-corrected chi connectivity index (χ2v) is 14.6. The van der Waals surface area contributed by atoms with E-state index in [0.717, 1.165) is 70.6 Å². The van der Waals surface area contributed by atoms with Gasteiger partial charge < -0.3 is 20.1 Å². The number of phosphoric ester groups is 1. The summed E-state index contributed by atoms with van der Waals surface area (Å²) in [4.78, 5) is 34.8. The minimum atomic E-state index is -4.38. The topological polar surface area (TPSA) is 134 Å². The molecule has 0 aromatic heterocycles. The first-order valence-corrected chi connectivity index (χ1v) is 21.8. The Labute approximate surface area is 317 Å². The van der Waals surface area contributed by atoms with E-state index in [-0.39, 0.29) is 32.6 Å². The highest BCUT2D eigenvalue weighted by Crippen LogP contribution is 2.43. The number of phosphoric acid groups is 1. The Morgan fingerprint density at radius 1 is 0.596 bits per heavy atom. The number of carbonyl (C=O) groups is 2. The van der Waals surface area contributed by atoms with E-state index in [4.69, 9.17) is 24.3 Å². The number of nitrogens with two attached hydrogens (primary N) is 1. The van der Waals surface area contributed by atoms with Crippen LogP contribution < -0.4 is 5.73 Å². The molecule has 0 fully saturated rings. The second-order valence-electron chi connectivity index (χ2n) is 13.1. The van der Waals surface area contributed by atoms with E-state index < -0.39 is 32.5 Å². The molecule has 0 heterocycles. The minimum Gasteiger partial charge on any atom is -0.462 e. The molecule has 0 spiro atoms. The summed E-state index contributed by atoms with van der Waals surface area (Å²) in [7, 11) is -4.38. The Hall–Kier alpha value is -2.29. The second kappa shape index (κ2) is 38.4. The molecule has 0 aromatic rings. The molecule has 0 aliphatic rings. The predicted octanol–water partition coefficient (Wildman–Crippen LogP) is 11.3. The molecule has 0 saturated heterocycles. The van der Waals surface area contributed by atoms with Gasteiger partial charge in [0.05, 0.1) is 13.2 Å². The molecular weight excluding hydrogens is 677 g/mol. The van der Waals surface area contributed by atoms with Crippen molar-refractivity contribution in [2.75, 3.05) is 26.4 Å². The SMILES string of the molecule is CC/C=C/C/C=C/C/C=C/C/C=C/C/C=C/CCCCCC(=O)O[C@H](COC(=O)CCCCCCCCCCCCCC)COP(=O)(O)OCCN. The van der Waals surface area contributed by atoms with Gasteiger partial charge in [0.2, 0.25) is 0 Å². The zero-order chi connectivity index (χ0) is 38.2. The van der Waals surface area contributed by atoms with Crippen LogP contribution in [-0.2, 0) is 32.7 Å². The quantitative estimate of drug-likeness (QED) is 0.0275. The largest absolute Gasteiger partial charge is 0.472 e. The van der Waals surface area contributed by atoms with Crippen LogP contribution in [-0.4, -0.2) is 49.3 Å².